The van der Waals surface area contributed by atoms with Gasteiger partial charge in [-0.25, -0.2) is 9.37 Å². The number of alkyl halides is 1. The van der Waals surface area contributed by atoms with Crippen molar-refractivity contribution in [3.63, 3.8) is 0 Å². The Morgan fingerprint density at radius 1 is 1.00 bits per heavy atom. The van der Waals surface area contributed by atoms with Crippen LogP contribution in [0.15, 0.2) is 63.5 Å². The zero-order valence-corrected chi connectivity index (χ0v) is 18.5. The molecule has 0 radical (unpaired) electrons. The first-order chi connectivity index (χ1) is 13.5. The Morgan fingerprint density at radius 2 is 1.64 bits per heavy atom. The molecule has 0 fully saturated rings. The van der Waals surface area contributed by atoms with Gasteiger partial charge in [0.15, 0.2) is 0 Å². The summed E-state index contributed by atoms with van der Waals surface area (Å²) in [6, 6.07) is 17.9. The van der Waals surface area contributed by atoms with Crippen molar-refractivity contribution in [3.8, 4) is 5.88 Å². The number of ether oxygens (including phenoxy) is 1. The summed E-state index contributed by atoms with van der Waals surface area (Å²) in [5.41, 5.74) is 2.92. The second kappa shape index (κ2) is 8.21. The quantitative estimate of drug-likeness (QED) is 0.291. The van der Waals surface area contributed by atoms with E-state index in [1.165, 1.54) is 0 Å². The van der Waals surface area contributed by atoms with Crippen LogP contribution in [0.1, 0.15) is 12.1 Å². The van der Waals surface area contributed by atoms with Crippen LogP contribution in [0.25, 0.3) is 21.8 Å². The zero-order chi connectivity index (χ0) is 19.7. The van der Waals surface area contributed by atoms with E-state index in [0.29, 0.717) is 25.3 Å². The second-order valence-corrected chi connectivity index (χ2v) is 8.57. The van der Waals surface area contributed by atoms with Gasteiger partial charge in [-0.2, -0.15) is 0 Å². The molecule has 144 valence electrons. The van der Waals surface area contributed by atoms with Gasteiger partial charge in [0.05, 0.1) is 13.7 Å². The van der Waals surface area contributed by atoms with Gasteiger partial charge in [-0.1, -0.05) is 37.9 Å². The van der Waals surface area contributed by atoms with E-state index in [2.05, 4.69) is 53.5 Å². The van der Waals surface area contributed by atoms with Gasteiger partial charge in [-0.15, -0.1) is 0 Å². The monoisotopic (exact) mass is 504 g/mol. The van der Waals surface area contributed by atoms with Gasteiger partial charge in [0.2, 0.25) is 5.88 Å². The van der Waals surface area contributed by atoms with Crippen LogP contribution in [-0.4, -0.2) is 22.8 Å². The summed E-state index contributed by atoms with van der Waals surface area (Å²) in [4.78, 5) is 4.37. The summed E-state index contributed by atoms with van der Waals surface area (Å²) < 4.78 is 24.2. The van der Waals surface area contributed by atoms with Gasteiger partial charge in [0, 0.05) is 42.5 Å². The molecule has 0 N–H and O–H groups in total. The van der Waals surface area contributed by atoms with Crippen molar-refractivity contribution in [1.82, 2.24) is 9.55 Å². The fourth-order valence-corrected chi connectivity index (χ4v) is 4.27. The maximum Gasteiger partial charge on any atom is 0.213 e. The van der Waals surface area contributed by atoms with E-state index in [1.54, 1.807) is 13.2 Å². The van der Waals surface area contributed by atoms with Crippen molar-refractivity contribution in [2.24, 2.45) is 0 Å². The highest BCUT2D eigenvalue weighted by Gasteiger charge is 2.16. The van der Waals surface area contributed by atoms with E-state index in [9.17, 15) is 4.39 Å². The number of aromatic nitrogens is 2. The molecule has 0 amide bonds. The molecule has 6 heteroatoms. The van der Waals surface area contributed by atoms with Crippen molar-refractivity contribution in [2.75, 3.05) is 7.11 Å². The van der Waals surface area contributed by atoms with Crippen LogP contribution in [0.3, 0.4) is 0 Å². The molecule has 0 aliphatic rings. The van der Waals surface area contributed by atoms with Crippen molar-refractivity contribution in [1.29, 1.82) is 0 Å². The molecule has 1 atom stereocenters. The minimum atomic E-state index is -0.973. The van der Waals surface area contributed by atoms with E-state index in [0.717, 1.165) is 36.4 Å². The summed E-state index contributed by atoms with van der Waals surface area (Å²) in [5, 5.41) is 2.24. The highest BCUT2D eigenvalue weighted by atomic mass is 79.9. The summed E-state index contributed by atoms with van der Waals surface area (Å²) in [5.74, 6) is 0.562. The third-order valence-corrected chi connectivity index (χ3v) is 5.86. The lowest BCUT2D eigenvalue weighted by Crippen LogP contribution is -2.12. The predicted molar refractivity (Wildman–Crippen MR) is 119 cm³/mol. The SMILES string of the molecule is COc1cccc(CCC(F)Cn2c3ccc(Br)cc3c3cc(Br)ccc32)n1. The largest absolute Gasteiger partial charge is 0.481 e. The Morgan fingerprint density at radius 3 is 2.25 bits per heavy atom. The van der Waals surface area contributed by atoms with E-state index in [1.807, 2.05) is 36.4 Å². The van der Waals surface area contributed by atoms with Crippen molar-refractivity contribution >= 4 is 53.7 Å². The molecule has 2 heterocycles. The minimum absolute atomic E-state index is 0.313. The van der Waals surface area contributed by atoms with Crippen molar-refractivity contribution < 1.29 is 9.13 Å². The smallest absolute Gasteiger partial charge is 0.213 e. The number of hydrogen-bond donors (Lipinski definition) is 0. The Kier molecular flexibility index (Phi) is 5.69. The maximum absolute atomic E-state index is 15.0. The van der Waals surface area contributed by atoms with Crippen molar-refractivity contribution in [3.05, 3.63) is 69.2 Å². The van der Waals surface area contributed by atoms with Gasteiger partial charge in [-0.3, -0.25) is 0 Å². The average molecular weight is 506 g/mol. The van der Waals surface area contributed by atoms with Gasteiger partial charge in [0.1, 0.15) is 6.17 Å². The van der Waals surface area contributed by atoms with E-state index in [-0.39, 0.29) is 0 Å². The normalized spacial score (nSPS) is 12.6. The van der Waals surface area contributed by atoms with Gasteiger partial charge >= 0.3 is 0 Å². The predicted octanol–water partition coefficient (Wildman–Crippen LogP) is 6.69. The Balaban J connectivity index is 1.61. The molecule has 2 aromatic heterocycles. The summed E-state index contributed by atoms with van der Waals surface area (Å²) in [7, 11) is 1.59. The molecule has 0 saturated carbocycles. The highest BCUT2D eigenvalue weighted by Crippen LogP contribution is 2.33. The molecule has 0 aliphatic heterocycles. The first-order valence-electron chi connectivity index (χ1n) is 9.06. The van der Waals surface area contributed by atoms with Crippen LogP contribution < -0.4 is 4.74 Å². The third kappa shape index (κ3) is 3.94. The number of hydrogen-bond acceptors (Lipinski definition) is 2. The number of fused-ring (bicyclic) bond motifs is 3. The maximum atomic E-state index is 15.0. The molecule has 4 aromatic rings. The van der Waals surface area contributed by atoms with Crippen LogP contribution >= 0.6 is 31.9 Å². The van der Waals surface area contributed by atoms with Crippen LogP contribution in [0.5, 0.6) is 5.88 Å². The fourth-order valence-electron chi connectivity index (χ4n) is 3.55. The molecule has 28 heavy (non-hydrogen) atoms. The Bertz CT molecular complexity index is 1080. The lowest BCUT2D eigenvalue weighted by molar-refractivity contribution is 0.283. The second-order valence-electron chi connectivity index (χ2n) is 6.74. The molecule has 0 spiro atoms. The number of pyridine rings is 1. The molecule has 0 saturated heterocycles. The molecule has 2 aromatic carbocycles. The molecule has 3 nitrogen and oxygen atoms in total. The van der Waals surface area contributed by atoms with Crippen molar-refractivity contribution in [2.45, 2.75) is 25.6 Å². The Hall–Kier alpha value is -1.92. The minimum Gasteiger partial charge on any atom is -0.481 e. The fraction of sp³-hybridized carbons (Fsp3) is 0.227. The van der Waals surface area contributed by atoms with Crippen LogP contribution in [0, 0.1) is 0 Å². The molecule has 0 bridgehead atoms. The van der Waals surface area contributed by atoms with Crippen LogP contribution in [0.2, 0.25) is 0 Å². The average Bonchev–Trinajstić information content (AvgIpc) is 2.99. The molecule has 0 aliphatic carbocycles. The number of nitrogens with zero attached hydrogens (tertiary/aromatic N) is 2. The number of benzene rings is 2. The molecule has 1 unspecified atom stereocenters. The van der Waals surface area contributed by atoms with Gasteiger partial charge < -0.3 is 9.30 Å². The van der Waals surface area contributed by atoms with E-state index in [4.69, 9.17) is 4.74 Å². The summed E-state index contributed by atoms with van der Waals surface area (Å²) in [6.07, 6.45) is 0.0140. The van der Waals surface area contributed by atoms with Gasteiger partial charge in [0.25, 0.3) is 0 Å². The lowest BCUT2D eigenvalue weighted by atomic mass is 10.1. The van der Waals surface area contributed by atoms with Crippen LogP contribution in [-0.2, 0) is 13.0 Å². The molecule has 4 rings (SSSR count). The first-order valence-corrected chi connectivity index (χ1v) is 10.6. The number of halogens is 3. The first kappa shape index (κ1) is 19.4. The highest BCUT2D eigenvalue weighted by molar-refractivity contribution is 9.10. The topological polar surface area (TPSA) is 27.1 Å². The lowest BCUT2D eigenvalue weighted by Gasteiger charge is -2.12. The standard InChI is InChI=1S/C22H19Br2FN2O/c1-28-22-4-2-3-17(26-22)8-7-16(25)13-27-20-9-5-14(23)11-18(20)19-12-15(24)6-10-21(19)27/h2-6,9-12,16H,7-8,13H2,1H3. The zero-order valence-electron chi connectivity index (χ0n) is 15.3. The number of methoxy groups -OCH3 is 1. The summed E-state index contributed by atoms with van der Waals surface area (Å²) in [6.45, 7) is 0.313. The number of aryl methyl sites for hydroxylation is 1. The number of rotatable bonds is 6. The third-order valence-electron chi connectivity index (χ3n) is 4.87. The molecular weight excluding hydrogens is 487 g/mol. The van der Waals surface area contributed by atoms with Gasteiger partial charge in [-0.05, 0) is 55.3 Å². The van der Waals surface area contributed by atoms with E-state index >= 15 is 0 Å². The van der Waals surface area contributed by atoms with Crippen LogP contribution in [0.4, 0.5) is 4.39 Å². The molecular formula is C22H19Br2FN2O. The van der Waals surface area contributed by atoms with E-state index < -0.39 is 6.17 Å². The Labute approximate surface area is 179 Å². The summed E-state index contributed by atoms with van der Waals surface area (Å²) >= 11 is 7.09.